The van der Waals surface area contributed by atoms with Gasteiger partial charge in [-0.25, -0.2) is 9.67 Å². The van der Waals surface area contributed by atoms with Gasteiger partial charge in [0.2, 0.25) is 0 Å². The van der Waals surface area contributed by atoms with Gasteiger partial charge < -0.3 is 4.90 Å². The molecule has 0 unspecified atom stereocenters. The zero-order chi connectivity index (χ0) is 20.0. The molecule has 1 fully saturated rings. The molecule has 5 nitrogen and oxygen atoms in total. The molecule has 3 aromatic rings. The first-order valence-electron chi connectivity index (χ1n) is 10.1. The second kappa shape index (κ2) is 7.32. The third kappa shape index (κ3) is 3.34. The zero-order valence-electron chi connectivity index (χ0n) is 17.3. The first-order chi connectivity index (χ1) is 13.3. The lowest BCUT2D eigenvalue weighted by molar-refractivity contribution is 0.0699. The van der Waals surface area contributed by atoms with Gasteiger partial charge in [0.25, 0.3) is 5.91 Å². The Balaban J connectivity index is 1.87. The summed E-state index contributed by atoms with van der Waals surface area (Å²) in [6.07, 6.45) is 3.94. The molecular weight excluding hydrogens is 368 g/mol. The molecule has 1 aliphatic rings. The smallest absolute Gasteiger partial charge is 0.254 e. The summed E-state index contributed by atoms with van der Waals surface area (Å²) in [4.78, 5) is 22.9. The van der Waals surface area contributed by atoms with Crippen molar-refractivity contribution in [3.63, 3.8) is 0 Å². The van der Waals surface area contributed by atoms with E-state index in [9.17, 15) is 4.79 Å². The Hall–Kier alpha value is -2.21. The molecule has 0 aromatic carbocycles. The fourth-order valence-electron chi connectivity index (χ4n) is 3.98. The van der Waals surface area contributed by atoms with Crippen molar-refractivity contribution in [2.45, 2.75) is 53.5 Å². The maximum absolute atomic E-state index is 13.4. The van der Waals surface area contributed by atoms with Crippen LogP contribution in [0.4, 0.5) is 0 Å². The quantitative estimate of drug-likeness (QED) is 0.609. The Labute approximate surface area is 170 Å². The van der Waals surface area contributed by atoms with Crippen LogP contribution in [0.3, 0.4) is 0 Å². The summed E-state index contributed by atoms with van der Waals surface area (Å²) in [5.74, 6) is 0.797. The van der Waals surface area contributed by atoms with Gasteiger partial charge in [0.15, 0.2) is 5.65 Å². The van der Waals surface area contributed by atoms with E-state index in [1.54, 1.807) is 17.5 Å². The van der Waals surface area contributed by atoms with Gasteiger partial charge in [-0.15, -0.1) is 11.3 Å². The highest BCUT2D eigenvalue weighted by Gasteiger charge is 2.25. The van der Waals surface area contributed by atoms with E-state index < -0.39 is 0 Å². The van der Waals surface area contributed by atoms with Crippen LogP contribution in [-0.4, -0.2) is 38.7 Å². The summed E-state index contributed by atoms with van der Waals surface area (Å²) >= 11 is 1.77. The number of likely N-dealkylation sites (tertiary alicyclic amines) is 1. The molecule has 0 N–H and O–H groups in total. The van der Waals surface area contributed by atoms with Gasteiger partial charge in [-0.1, -0.05) is 6.92 Å². The minimum atomic E-state index is 0.105. The van der Waals surface area contributed by atoms with Crippen LogP contribution in [0, 0.1) is 19.8 Å². The van der Waals surface area contributed by atoms with Crippen molar-refractivity contribution in [2.75, 3.05) is 13.1 Å². The summed E-state index contributed by atoms with van der Waals surface area (Å²) in [6, 6.07) is 4.33. The number of rotatable bonds is 3. The summed E-state index contributed by atoms with van der Waals surface area (Å²) in [5.41, 5.74) is 3.50. The Kier molecular flexibility index (Phi) is 5.00. The van der Waals surface area contributed by atoms with Gasteiger partial charge in [-0.2, -0.15) is 5.10 Å². The molecule has 3 aromatic heterocycles. The predicted molar refractivity (Wildman–Crippen MR) is 115 cm³/mol. The largest absolute Gasteiger partial charge is 0.339 e. The monoisotopic (exact) mass is 396 g/mol. The molecule has 0 aliphatic carbocycles. The molecular formula is C22H28N4OS. The lowest BCUT2D eigenvalue weighted by Gasteiger charge is -2.30. The SMILES string of the molecule is Cc1cc(-c2cc(C(=O)N3CCC(C)CC3)c3cnn(C(C)C)c3n2)c(C)s1. The number of hydrogen-bond donors (Lipinski definition) is 0. The second-order valence-corrected chi connectivity index (χ2v) is 9.74. The number of nitrogens with zero attached hydrogens (tertiary/aromatic N) is 4. The lowest BCUT2D eigenvalue weighted by Crippen LogP contribution is -2.38. The van der Waals surface area contributed by atoms with Crippen molar-refractivity contribution < 1.29 is 4.79 Å². The first kappa shape index (κ1) is 19.1. The van der Waals surface area contributed by atoms with Crippen molar-refractivity contribution in [3.8, 4) is 11.3 Å². The normalized spacial score (nSPS) is 15.7. The number of piperidine rings is 1. The van der Waals surface area contributed by atoms with E-state index in [-0.39, 0.29) is 11.9 Å². The number of carbonyl (C=O) groups excluding carboxylic acids is 1. The van der Waals surface area contributed by atoms with Crippen molar-refractivity contribution >= 4 is 28.3 Å². The lowest BCUT2D eigenvalue weighted by atomic mass is 9.98. The summed E-state index contributed by atoms with van der Waals surface area (Å²) in [6.45, 7) is 12.3. The number of aryl methyl sites for hydroxylation is 2. The molecule has 1 amide bonds. The Morgan fingerprint density at radius 1 is 1.21 bits per heavy atom. The average molecular weight is 397 g/mol. The minimum Gasteiger partial charge on any atom is -0.339 e. The molecule has 4 heterocycles. The van der Waals surface area contributed by atoms with Gasteiger partial charge >= 0.3 is 0 Å². The van der Waals surface area contributed by atoms with E-state index >= 15 is 0 Å². The van der Waals surface area contributed by atoms with Crippen LogP contribution in [0.2, 0.25) is 0 Å². The van der Waals surface area contributed by atoms with Gasteiger partial charge in [0, 0.05) is 34.4 Å². The van der Waals surface area contributed by atoms with E-state index in [1.165, 1.54) is 9.75 Å². The van der Waals surface area contributed by atoms with Crippen molar-refractivity contribution in [3.05, 3.63) is 33.6 Å². The van der Waals surface area contributed by atoms with E-state index in [1.807, 2.05) is 15.6 Å². The van der Waals surface area contributed by atoms with Crippen LogP contribution in [0.15, 0.2) is 18.3 Å². The van der Waals surface area contributed by atoms with Crippen LogP contribution >= 0.6 is 11.3 Å². The molecule has 0 radical (unpaired) electrons. The fourth-order valence-corrected chi connectivity index (χ4v) is 4.91. The number of carbonyl (C=O) groups is 1. The highest BCUT2D eigenvalue weighted by atomic mass is 32.1. The summed E-state index contributed by atoms with van der Waals surface area (Å²) < 4.78 is 1.92. The number of thiophene rings is 1. The molecule has 0 saturated carbocycles. The van der Waals surface area contributed by atoms with Gasteiger partial charge in [0.1, 0.15) is 0 Å². The molecule has 6 heteroatoms. The molecule has 0 spiro atoms. The highest BCUT2D eigenvalue weighted by molar-refractivity contribution is 7.12. The third-order valence-corrected chi connectivity index (χ3v) is 6.64. The molecule has 4 rings (SSSR count). The molecule has 28 heavy (non-hydrogen) atoms. The van der Waals surface area contributed by atoms with E-state index in [4.69, 9.17) is 4.98 Å². The predicted octanol–water partition coefficient (Wildman–Crippen LogP) is 5.23. The topological polar surface area (TPSA) is 51.0 Å². The number of pyridine rings is 1. The van der Waals surface area contributed by atoms with Crippen LogP contribution in [-0.2, 0) is 0 Å². The Bertz CT molecular complexity index is 1020. The van der Waals surface area contributed by atoms with E-state index in [0.717, 1.165) is 53.8 Å². The van der Waals surface area contributed by atoms with E-state index in [0.29, 0.717) is 5.92 Å². The van der Waals surface area contributed by atoms with Crippen molar-refractivity contribution in [1.29, 1.82) is 0 Å². The molecule has 0 bridgehead atoms. The van der Waals surface area contributed by atoms with Crippen LogP contribution < -0.4 is 0 Å². The Morgan fingerprint density at radius 2 is 1.93 bits per heavy atom. The number of aromatic nitrogens is 3. The third-order valence-electron chi connectivity index (χ3n) is 5.67. The maximum Gasteiger partial charge on any atom is 0.254 e. The maximum atomic E-state index is 13.4. The molecule has 148 valence electrons. The zero-order valence-corrected chi connectivity index (χ0v) is 18.1. The minimum absolute atomic E-state index is 0.105. The van der Waals surface area contributed by atoms with Crippen LogP contribution in [0.25, 0.3) is 22.3 Å². The van der Waals surface area contributed by atoms with Crippen molar-refractivity contribution in [2.24, 2.45) is 5.92 Å². The van der Waals surface area contributed by atoms with Gasteiger partial charge in [-0.05, 0) is 58.6 Å². The van der Waals surface area contributed by atoms with Crippen molar-refractivity contribution in [1.82, 2.24) is 19.7 Å². The number of fused-ring (bicyclic) bond motifs is 1. The second-order valence-electron chi connectivity index (χ2n) is 8.28. The molecule has 1 aliphatic heterocycles. The number of hydrogen-bond acceptors (Lipinski definition) is 4. The van der Waals surface area contributed by atoms with Gasteiger partial charge in [0.05, 0.1) is 22.8 Å². The van der Waals surface area contributed by atoms with Gasteiger partial charge in [-0.3, -0.25) is 4.79 Å². The summed E-state index contributed by atoms with van der Waals surface area (Å²) in [7, 11) is 0. The van der Waals surface area contributed by atoms with E-state index in [2.05, 4.69) is 45.8 Å². The number of amides is 1. The standard InChI is InChI=1S/C22H28N4OS/c1-13(2)26-21-19(12-23-26)18(22(27)25-8-6-14(3)7-9-25)11-20(24-21)17-10-15(4)28-16(17)5/h10-14H,6-9H2,1-5H3. The van der Waals surface area contributed by atoms with Crippen LogP contribution in [0.5, 0.6) is 0 Å². The fraction of sp³-hybridized carbons (Fsp3) is 0.500. The first-order valence-corrected chi connectivity index (χ1v) is 10.9. The Morgan fingerprint density at radius 3 is 2.54 bits per heavy atom. The molecule has 1 saturated heterocycles. The van der Waals surface area contributed by atoms with Crippen LogP contribution in [0.1, 0.15) is 59.8 Å². The highest BCUT2D eigenvalue weighted by Crippen LogP contribution is 2.33. The summed E-state index contributed by atoms with van der Waals surface area (Å²) in [5, 5.41) is 5.40. The average Bonchev–Trinajstić information content (AvgIpc) is 3.23. The molecule has 0 atom stereocenters.